The van der Waals surface area contributed by atoms with Crippen LogP contribution in [0.15, 0.2) is 48.8 Å². The number of hydrogen-bond donors (Lipinski definition) is 1. The van der Waals surface area contributed by atoms with Crippen LogP contribution in [0.3, 0.4) is 0 Å². The van der Waals surface area contributed by atoms with Gasteiger partial charge >= 0.3 is 0 Å². The van der Waals surface area contributed by atoms with Gasteiger partial charge < -0.3 is 14.8 Å². The van der Waals surface area contributed by atoms with E-state index in [4.69, 9.17) is 9.47 Å². The van der Waals surface area contributed by atoms with Gasteiger partial charge in [0.25, 0.3) is 0 Å². The fourth-order valence-electron chi connectivity index (χ4n) is 2.37. The van der Waals surface area contributed by atoms with E-state index in [9.17, 15) is 0 Å². The molecule has 5 nitrogen and oxygen atoms in total. The third-order valence-electron chi connectivity index (χ3n) is 3.51. The second kappa shape index (κ2) is 6.96. The van der Waals surface area contributed by atoms with Crippen LogP contribution in [-0.4, -0.2) is 30.2 Å². The van der Waals surface area contributed by atoms with Gasteiger partial charge in [0.05, 0.1) is 19.2 Å². The molecular weight excluding hydrogens is 290 g/mol. The van der Waals surface area contributed by atoms with Crippen LogP contribution in [0.1, 0.15) is 5.56 Å². The standard InChI is InChI=1S/C18H19N3O2/c1-13-7-8-16(17(11-13)22-2)23-10-9-19-18-14-5-3-4-6-15(14)20-12-21-18/h3-8,11-12H,9-10H2,1-2H3,(H,19,20,21). The average molecular weight is 309 g/mol. The molecule has 3 rings (SSSR count). The summed E-state index contributed by atoms with van der Waals surface area (Å²) in [6, 6.07) is 13.8. The van der Waals surface area contributed by atoms with Gasteiger partial charge in [-0.15, -0.1) is 0 Å². The smallest absolute Gasteiger partial charge is 0.161 e. The van der Waals surface area contributed by atoms with E-state index in [1.165, 1.54) is 0 Å². The molecule has 0 atom stereocenters. The summed E-state index contributed by atoms with van der Waals surface area (Å²) in [7, 11) is 1.65. The van der Waals surface area contributed by atoms with Crippen LogP contribution in [0.25, 0.3) is 10.9 Å². The van der Waals surface area contributed by atoms with E-state index in [0.29, 0.717) is 13.2 Å². The zero-order valence-electron chi connectivity index (χ0n) is 13.2. The first-order chi connectivity index (χ1) is 11.3. The maximum absolute atomic E-state index is 5.79. The monoisotopic (exact) mass is 309 g/mol. The molecule has 0 saturated carbocycles. The second-order valence-electron chi connectivity index (χ2n) is 5.17. The van der Waals surface area contributed by atoms with E-state index in [2.05, 4.69) is 15.3 Å². The van der Waals surface area contributed by atoms with Crippen molar-refractivity contribution in [2.45, 2.75) is 6.92 Å². The van der Waals surface area contributed by atoms with Gasteiger partial charge in [0.15, 0.2) is 11.5 Å². The summed E-state index contributed by atoms with van der Waals surface area (Å²) in [4.78, 5) is 8.54. The highest BCUT2D eigenvalue weighted by Gasteiger charge is 2.05. The molecule has 1 N–H and O–H groups in total. The first-order valence-corrected chi connectivity index (χ1v) is 7.49. The summed E-state index contributed by atoms with van der Waals surface area (Å²) in [5.41, 5.74) is 2.06. The maximum Gasteiger partial charge on any atom is 0.161 e. The lowest BCUT2D eigenvalue weighted by atomic mass is 10.2. The molecule has 3 aromatic rings. The number of fused-ring (bicyclic) bond motifs is 1. The largest absolute Gasteiger partial charge is 0.493 e. The van der Waals surface area contributed by atoms with Crippen LogP contribution in [-0.2, 0) is 0 Å². The number of aromatic nitrogens is 2. The molecule has 23 heavy (non-hydrogen) atoms. The summed E-state index contributed by atoms with van der Waals surface area (Å²) >= 11 is 0. The van der Waals surface area contributed by atoms with Gasteiger partial charge in [0.2, 0.25) is 0 Å². The summed E-state index contributed by atoms with van der Waals surface area (Å²) < 4.78 is 11.1. The quantitative estimate of drug-likeness (QED) is 0.707. The van der Waals surface area contributed by atoms with Crippen LogP contribution in [0.5, 0.6) is 11.5 Å². The molecule has 0 aliphatic rings. The number of benzene rings is 2. The van der Waals surface area contributed by atoms with Crippen molar-refractivity contribution in [2.75, 3.05) is 25.6 Å². The van der Waals surface area contributed by atoms with E-state index in [1.54, 1.807) is 13.4 Å². The van der Waals surface area contributed by atoms with E-state index in [1.807, 2.05) is 49.4 Å². The number of para-hydroxylation sites is 1. The molecule has 1 heterocycles. The molecule has 0 aliphatic carbocycles. The van der Waals surface area contributed by atoms with Crippen LogP contribution in [0, 0.1) is 6.92 Å². The zero-order chi connectivity index (χ0) is 16.1. The molecule has 1 aromatic heterocycles. The highest BCUT2D eigenvalue weighted by molar-refractivity contribution is 5.88. The minimum Gasteiger partial charge on any atom is -0.493 e. The van der Waals surface area contributed by atoms with Crippen molar-refractivity contribution in [3.63, 3.8) is 0 Å². The van der Waals surface area contributed by atoms with Gasteiger partial charge in [-0.1, -0.05) is 18.2 Å². The van der Waals surface area contributed by atoms with Gasteiger partial charge in [-0.3, -0.25) is 0 Å². The van der Waals surface area contributed by atoms with Gasteiger partial charge in [-0.05, 0) is 36.8 Å². The maximum atomic E-state index is 5.79. The second-order valence-corrected chi connectivity index (χ2v) is 5.17. The van der Waals surface area contributed by atoms with Crippen LogP contribution >= 0.6 is 0 Å². The van der Waals surface area contributed by atoms with Gasteiger partial charge in [-0.2, -0.15) is 0 Å². The first-order valence-electron chi connectivity index (χ1n) is 7.49. The fraction of sp³-hybridized carbons (Fsp3) is 0.222. The number of nitrogens with one attached hydrogen (secondary N) is 1. The first kappa shape index (κ1) is 15.1. The number of methoxy groups -OCH3 is 1. The van der Waals surface area contributed by atoms with E-state index in [-0.39, 0.29) is 0 Å². The zero-order valence-corrected chi connectivity index (χ0v) is 13.2. The molecule has 0 bridgehead atoms. The molecule has 0 aliphatic heterocycles. The minimum atomic E-state index is 0.512. The normalized spacial score (nSPS) is 10.5. The van der Waals surface area contributed by atoms with Gasteiger partial charge in [0, 0.05) is 5.39 Å². The van der Waals surface area contributed by atoms with Gasteiger partial charge in [-0.25, -0.2) is 9.97 Å². The molecule has 2 aromatic carbocycles. The predicted octanol–water partition coefficient (Wildman–Crippen LogP) is 3.44. The lowest BCUT2D eigenvalue weighted by Gasteiger charge is -2.12. The predicted molar refractivity (Wildman–Crippen MR) is 91.3 cm³/mol. The molecule has 0 amide bonds. The Balaban J connectivity index is 1.61. The van der Waals surface area contributed by atoms with Gasteiger partial charge in [0.1, 0.15) is 18.8 Å². The number of nitrogens with zero attached hydrogens (tertiary/aromatic N) is 2. The Morgan fingerprint density at radius 2 is 1.91 bits per heavy atom. The number of anilines is 1. The topological polar surface area (TPSA) is 56.3 Å². The Bertz CT molecular complexity index is 800. The molecule has 0 saturated heterocycles. The lowest BCUT2D eigenvalue weighted by Crippen LogP contribution is -2.13. The minimum absolute atomic E-state index is 0.512. The Kier molecular flexibility index (Phi) is 4.57. The molecule has 0 unspecified atom stereocenters. The van der Waals surface area contributed by atoms with Crippen molar-refractivity contribution in [3.05, 3.63) is 54.4 Å². The Morgan fingerprint density at radius 3 is 2.78 bits per heavy atom. The average Bonchev–Trinajstić information content (AvgIpc) is 2.59. The van der Waals surface area contributed by atoms with E-state index < -0.39 is 0 Å². The molecule has 0 spiro atoms. The summed E-state index contributed by atoms with van der Waals surface area (Å²) in [5, 5.41) is 4.29. The number of ether oxygens (including phenoxy) is 2. The van der Waals surface area contributed by atoms with Crippen LogP contribution < -0.4 is 14.8 Å². The number of hydrogen-bond acceptors (Lipinski definition) is 5. The molecule has 0 radical (unpaired) electrons. The molecule has 118 valence electrons. The molecule has 5 heteroatoms. The van der Waals surface area contributed by atoms with Crippen molar-refractivity contribution in [1.82, 2.24) is 9.97 Å². The van der Waals surface area contributed by atoms with Crippen molar-refractivity contribution in [1.29, 1.82) is 0 Å². The fourth-order valence-corrected chi connectivity index (χ4v) is 2.37. The molecular formula is C18H19N3O2. The highest BCUT2D eigenvalue weighted by Crippen LogP contribution is 2.27. The third-order valence-corrected chi connectivity index (χ3v) is 3.51. The lowest BCUT2D eigenvalue weighted by molar-refractivity contribution is 0.305. The summed E-state index contributed by atoms with van der Waals surface area (Å²) in [6.45, 7) is 3.17. The Labute approximate surface area is 135 Å². The van der Waals surface area contributed by atoms with Crippen molar-refractivity contribution >= 4 is 16.7 Å². The Morgan fingerprint density at radius 1 is 1.04 bits per heavy atom. The van der Waals surface area contributed by atoms with E-state index >= 15 is 0 Å². The summed E-state index contributed by atoms with van der Waals surface area (Å²) in [6.07, 6.45) is 1.56. The number of aryl methyl sites for hydroxylation is 1. The van der Waals surface area contributed by atoms with Crippen LogP contribution in [0.2, 0.25) is 0 Å². The SMILES string of the molecule is COc1cc(C)ccc1OCCNc1ncnc2ccccc12. The molecule has 0 fully saturated rings. The van der Waals surface area contributed by atoms with Crippen molar-refractivity contribution in [3.8, 4) is 11.5 Å². The van der Waals surface area contributed by atoms with Crippen molar-refractivity contribution < 1.29 is 9.47 Å². The van der Waals surface area contributed by atoms with Crippen LogP contribution in [0.4, 0.5) is 5.82 Å². The van der Waals surface area contributed by atoms with E-state index in [0.717, 1.165) is 33.8 Å². The number of rotatable bonds is 6. The summed E-state index contributed by atoms with van der Waals surface area (Å²) in [5.74, 6) is 2.31. The Hall–Kier alpha value is -2.82. The highest BCUT2D eigenvalue weighted by atomic mass is 16.5. The van der Waals surface area contributed by atoms with Crippen molar-refractivity contribution in [2.24, 2.45) is 0 Å². The third kappa shape index (κ3) is 3.51.